The Morgan fingerprint density at radius 3 is 2.10 bits per heavy atom. The van der Waals surface area contributed by atoms with E-state index in [2.05, 4.69) is 17.4 Å². The van der Waals surface area contributed by atoms with Crippen LogP contribution in [-0.4, -0.2) is 27.4 Å². The van der Waals surface area contributed by atoms with Crippen LogP contribution in [0.4, 0.5) is 0 Å². The molecule has 0 fully saturated rings. The lowest BCUT2D eigenvalue weighted by Crippen LogP contribution is -2.20. The van der Waals surface area contributed by atoms with E-state index < -0.39 is 0 Å². The van der Waals surface area contributed by atoms with E-state index in [0.29, 0.717) is 6.61 Å². The van der Waals surface area contributed by atoms with Crippen LogP contribution < -0.4 is 19.5 Å². The van der Waals surface area contributed by atoms with E-state index in [1.165, 1.54) is 5.56 Å². The highest BCUT2D eigenvalue weighted by Gasteiger charge is 2.02. The Labute approximate surface area is 125 Å². The summed E-state index contributed by atoms with van der Waals surface area (Å²) < 4.78 is 16.1. The third-order valence-electron chi connectivity index (χ3n) is 3.04. The molecule has 0 spiro atoms. The summed E-state index contributed by atoms with van der Waals surface area (Å²) in [4.78, 5) is 0. The molecule has 0 heterocycles. The highest BCUT2D eigenvalue weighted by Crippen LogP contribution is 2.27. The third-order valence-corrected chi connectivity index (χ3v) is 3.04. The fourth-order valence-electron chi connectivity index (χ4n) is 1.93. The van der Waals surface area contributed by atoms with Gasteiger partial charge >= 0.3 is 0 Å². The molecule has 0 radical (unpaired) electrons. The van der Waals surface area contributed by atoms with Gasteiger partial charge in [-0.25, -0.2) is 0 Å². The highest BCUT2D eigenvalue weighted by atomic mass is 16.5. The summed E-state index contributed by atoms with van der Waals surface area (Å²) in [6.07, 6.45) is 0. The Morgan fingerprint density at radius 2 is 1.48 bits per heavy atom. The average Bonchev–Trinajstić information content (AvgIpc) is 2.55. The van der Waals surface area contributed by atoms with Crippen LogP contribution in [0.5, 0.6) is 17.2 Å². The fraction of sp³-hybridized carbons (Fsp3) is 0.294. The van der Waals surface area contributed by atoms with Crippen molar-refractivity contribution in [1.29, 1.82) is 0 Å². The molecule has 0 unspecified atom stereocenters. The second-order valence-electron chi connectivity index (χ2n) is 4.56. The summed E-state index contributed by atoms with van der Waals surface area (Å²) in [6.45, 7) is 2.20. The van der Waals surface area contributed by atoms with Crippen LogP contribution in [0, 0.1) is 0 Å². The van der Waals surface area contributed by atoms with Crippen LogP contribution >= 0.6 is 0 Å². The van der Waals surface area contributed by atoms with E-state index in [1.54, 1.807) is 14.2 Å². The van der Waals surface area contributed by atoms with Gasteiger partial charge < -0.3 is 19.5 Å². The van der Waals surface area contributed by atoms with E-state index in [9.17, 15) is 0 Å². The second kappa shape index (κ2) is 8.17. The predicted octanol–water partition coefficient (Wildman–Crippen LogP) is 2.87. The van der Waals surface area contributed by atoms with E-state index in [-0.39, 0.29) is 0 Å². The van der Waals surface area contributed by atoms with E-state index in [4.69, 9.17) is 14.2 Å². The Balaban J connectivity index is 1.75. The number of benzene rings is 2. The fourth-order valence-corrected chi connectivity index (χ4v) is 1.93. The molecule has 4 heteroatoms. The molecule has 0 saturated carbocycles. The van der Waals surface area contributed by atoms with Gasteiger partial charge in [0.2, 0.25) is 0 Å². The zero-order chi connectivity index (χ0) is 14.9. The first-order valence-electron chi connectivity index (χ1n) is 6.92. The van der Waals surface area contributed by atoms with Crippen LogP contribution in [-0.2, 0) is 6.54 Å². The molecule has 0 aromatic heterocycles. The molecular weight excluding hydrogens is 266 g/mol. The lowest BCUT2D eigenvalue weighted by molar-refractivity contribution is 0.308. The molecule has 0 bridgehead atoms. The summed E-state index contributed by atoms with van der Waals surface area (Å²) in [6, 6.07) is 15.8. The highest BCUT2D eigenvalue weighted by molar-refractivity contribution is 5.41. The number of ether oxygens (including phenoxy) is 3. The van der Waals surface area contributed by atoms with Crippen molar-refractivity contribution in [3.8, 4) is 17.2 Å². The van der Waals surface area contributed by atoms with Crippen molar-refractivity contribution in [2.45, 2.75) is 6.54 Å². The molecule has 0 aliphatic heterocycles. The van der Waals surface area contributed by atoms with Crippen LogP contribution in [0.25, 0.3) is 0 Å². The Bertz CT molecular complexity index is 521. The zero-order valence-electron chi connectivity index (χ0n) is 12.5. The minimum absolute atomic E-state index is 0.586. The molecular formula is C17H21NO3. The molecule has 0 atom stereocenters. The van der Waals surface area contributed by atoms with Gasteiger partial charge in [-0.2, -0.15) is 0 Å². The van der Waals surface area contributed by atoms with Gasteiger partial charge in [-0.05, 0) is 5.56 Å². The van der Waals surface area contributed by atoms with Gasteiger partial charge in [0.25, 0.3) is 0 Å². The first-order chi connectivity index (χ1) is 10.3. The number of rotatable bonds is 8. The maximum Gasteiger partial charge on any atom is 0.126 e. The number of methoxy groups -OCH3 is 2. The van der Waals surface area contributed by atoms with Gasteiger partial charge in [0.05, 0.1) is 14.2 Å². The molecule has 0 amide bonds. The molecule has 0 aliphatic rings. The Morgan fingerprint density at radius 1 is 0.857 bits per heavy atom. The summed E-state index contributed by atoms with van der Waals surface area (Å²) in [5, 5.41) is 3.34. The van der Waals surface area contributed by atoms with Crippen molar-refractivity contribution in [2.24, 2.45) is 0 Å². The van der Waals surface area contributed by atoms with Crippen LogP contribution in [0.3, 0.4) is 0 Å². The summed E-state index contributed by atoms with van der Waals surface area (Å²) >= 11 is 0. The first-order valence-corrected chi connectivity index (χ1v) is 6.92. The van der Waals surface area contributed by atoms with Gasteiger partial charge in [-0.15, -0.1) is 0 Å². The smallest absolute Gasteiger partial charge is 0.126 e. The third kappa shape index (κ3) is 5.00. The minimum Gasteiger partial charge on any atom is -0.496 e. The van der Waals surface area contributed by atoms with E-state index in [0.717, 1.165) is 30.3 Å². The van der Waals surface area contributed by atoms with Crippen LogP contribution in [0.2, 0.25) is 0 Å². The SMILES string of the molecule is COc1cc(OC)cc(OCCNCc2ccccc2)c1. The molecule has 21 heavy (non-hydrogen) atoms. The molecule has 2 aromatic rings. The van der Waals surface area contributed by atoms with Crippen LogP contribution in [0.15, 0.2) is 48.5 Å². The van der Waals surface area contributed by atoms with E-state index in [1.807, 2.05) is 36.4 Å². The second-order valence-corrected chi connectivity index (χ2v) is 4.56. The number of hydrogen-bond donors (Lipinski definition) is 1. The van der Waals surface area contributed by atoms with Gasteiger partial charge in [-0.3, -0.25) is 0 Å². The molecule has 4 nitrogen and oxygen atoms in total. The lowest BCUT2D eigenvalue weighted by atomic mass is 10.2. The van der Waals surface area contributed by atoms with Gasteiger partial charge in [0, 0.05) is 31.3 Å². The van der Waals surface area contributed by atoms with Crippen molar-refractivity contribution in [3.05, 3.63) is 54.1 Å². The van der Waals surface area contributed by atoms with Crippen molar-refractivity contribution in [3.63, 3.8) is 0 Å². The van der Waals surface area contributed by atoms with Gasteiger partial charge in [-0.1, -0.05) is 30.3 Å². The summed E-state index contributed by atoms with van der Waals surface area (Å²) in [5.74, 6) is 2.19. The normalized spacial score (nSPS) is 10.2. The maximum absolute atomic E-state index is 5.71. The zero-order valence-corrected chi connectivity index (χ0v) is 12.5. The molecule has 0 saturated heterocycles. The van der Waals surface area contributed by atoms with Crippen molar-refractivity contribution in [2.75, 3.05) is 27.4 Å². The first kappa shape index (κ1) is 15.2. The molecule has 112 valence electrons. The molecule has 0 aliphatic carbocycles. The predicted molar refractivity (Wildman–Crippen MR) is 83.2 cm³/mol. The minimum atomic E-state index is 0.586. The van der Waals surface area contributed by atoms with Crippen molar-refractivity contribution in [1.82, 2.24) is 5.32 Å². The standard InChI is InChI=1S/C17H21NO3/c1-19-15-10-16(20-2)12-17(11-15)21-9-8-18-13-14-6-4-3-5-7-14/h3-7,10-12,18H,8-9,13H2,1-2H3. The molecule has 2 aromatic carbocycles. The van der Waals surface area contributed by atoms with Crippen molar-refractivity contribution < 1.29 is 14.2 Å². The largest absolute Gasteiger partial charge is 0.496 e. The summed E-state index contributed by atoms with van der Waals surface area (Å²) in [7, 11) is 3.25. The number of hydrogen-bond acceptors (Lipinski definition) is 4. The van der Waals surface area contributed by atoms with E-state index >= 15 is 0 Å². The average molecular weight is 287 g/mol. The van der Waals surface area contributed by atoms with Crippen molar-refractivity contribution >= 4 is 0 Å². The lowest BCUT2D eigenvalue weighted by Gasteiger charge is -2.11. The van der Waals surface area contributed by atoms with Crippen LogP contribution in [0.1, 0.15) is 5.56 Å². The molecule has 2 rings (SSSR count). The van der Waals surface area contributed by atoms with Gasteiger partial charge in [0.15, 0.2) is 0 Å². The Hall–Kier alpha value is -2.20. The Kier molecular flexibility index (Phi) is 5.91. The summed E-state index contributed by atoms with van der Waals surface area (Å²) in [5.41, 5.74) is 1.26. The molecule has 1 N–H and O–H groups in total. The monoisotopic (exact) mass is 287 g/mol. The quantitative estimate of drug-likeness (QED) is 0.758. The topological polar surface area (TPSA) is 39.7 Å². The maximum atomic E-state index is 5.71. The van der Waals surface area contributed by atoms with Gasteiger partial charge in [0.1, 0.15) is 23.9 Å². The number of nitrogens with one attached hydrogen (secondary N) is 1.